The van der Waals surface area contributed by atoms with Gasteiger partial charge in [0.15, 0.2) is 0 Å². The zero-order valence-electron chi connectivity index (χ0n) is 33.4. The van der Waals surface area contributed by atoms with Crippen molar-refractivity contribution >= 4 is 46.0 Å². The molecule has 5 amide bonds. The lowest BCUT2D eigenvalue weighted by Crippen LogP contribution is -2.50. The molecule has 1 spiro atoms. The molecule has 13 nitrogen and oxygen atoms in total. The molecule has 0 radical (unpaired) electrons. The van der Waals surface area contributed by atoms with E-state index in [0.717, 1.165) is 86.5 Å². The van der Waals surface area contributed by atoms with Crippen molar-refractivity contribution < 1.29 is 23.9 Å². The van der Waals surface area contributed by atoms with Crippen LogP contribution in [0.5, 0.6) is 5.75 Å². The van der Waals surface area contributed by atoms with E-state index in [9.17, 15) is 19.2 Å². The van der Waals surface area contributed by atoms with Crippen LogP contribution in [0.1, 0.15) is 102 Å². The first kappa shape index (κ1) is 38.6. The third kappa shape index (κ3) is 8.39. The minimum atomic E-state index is -0.434. The Morgan fingerprint density at radius 3 is 2.40 bits per heavy atom. The molecule has 0 bridgehead atoms. The average Bonchev–Trinajstić information content (AvgIpc) is 3.64. The minimum absolute atomic E-state index is 0.0134. The molecule has 1 aliphatic carbocycles. The lowest BCUT2D eigenvalue weighted by Gasteiger charge is -2.47. The number of rotatable bonds is 9. The van der Waals surface area contributed by atoms with E-state index in [4.69, 9.17) is 9.84 Å². The normalized spacial score (nSPS) is 21.5. The van der Waals surface area contributed by atoms with Crippen molar-refractivity contribution in [2.75, 3.05) is 56.6 Å². The molecular weight excluding hydrogens is 721 g/mol. The van der Waals surface area contributed by atoms with Crippen LogP contribution < -0.4 is 20.3 Å². The zero-order chi connectivity index (χ0) is 39.7. The van der Waals surface area contributed by atoms with Gasteiger partial charge in [-0.3, -0.25) is 29.3 Å². The predicted octanol–water partition coefficient (Wildman–Crippen LogP) is 6.90. The molecule has 4 fully saturated rings. The fourth-order valence-electron chi connectivity index (χ4n) is 9.39. The second-order valence-corrected chi connectivity index (χ2v) is 16.7. The van der Waals surface area contributed by atoms with Gasteiger partial charge in [-0.25, -0.2) is 9.78 Å². The van der Waals surface area contributed by atoms with Crippen LogP contribution in [0.4, 0.5) is 16.2 Å². The lowest BCUT2D eigenvalue weighted by molar-refractivity contribution is -0.120. The van der Waals surface area contributed by atoms with Crippen molar-refractivity contribution in [1.29, 1.82) is 0 Å². The fourth-order valence-corrected chi connectivity index (χ4v) is 9.39. The topological polar surface area (TPSA) is 142 Å². The van der Waals surface area contributed by atoms with E-state index < -0.39 is 6.03 Å². The van der Waals surface area contributed by atoms with Crippen molar-refractivity contribution in [3.8, 4) is 5.75 Å². The number of nitrogens with zero attached hydrogens (tertiary/aromatic N) is 6. The van der Waals surface area contributed by atoms with E-state index in [1.165, 1.54) is 32.1 Å². The van der Waals surface area contributed by atoms with Crippen LogP contribution in [0.3, 0.4) is 0 Å². The molecule has 5 heterocycles. The van der Waals surface area contributed by atoms with E-state index in [2.05, 4.69) is 31.4 Å². The maximum Gasteiger partial charge on any atom is 0.328 e. The van der Waals surface area contributed by atoms with Gasteiger partial charge in [-0.05, 0) is 138 Å². The summed E-state index contributed by atoms with van der Waals surface area (Å²) in [4.78, 5) is 61.3. The number of amides is 5. The summed E-state index contributed by atoms with van der Waals surface area (Å²) in [5.74, 6) is 0.765. The summed E-state index contributed by atoms with van der Waals surface area (Å²) in [6, 6.07) is 14.7. The standard InChI is InChI=1S/C44H54N8O5/c1-29-7-10-32(26-38(29)51-20-14-40(53)47-43(51)56)42(55)50-23-17-44(18-24-50)15-21-49(22-16-44)19-13-31-8-11-34(12-9-31)52-28-33-25-37(39(57-3)27-36(33)48-52)46-41(54)35-6-4-5-30(2)45-35/h4-7,10,25-28,31,34H,8-9,11-24H2,1-3H3,(H,46,54)(H,47,53,56)/t31-,34-. The molecule has 4 aromatic rings. The smallest absolute Gasteiger partial charge is 0.328 e. The number of urea groups is 1. The molecule has 2 N–H and O–H groups in total. The van der Waals surface area contributed by atoms with Crippen molar-refractivity contribution in [1.82, 2.24) is 29.9 Å². The van der Waals surface area contributed by atoms with Crippen LogP contribution in [0, 0.1) is 25.2 Å². The van der Waals surface area contributed by atoms with Gasteiger partial charge in [0.25, 0.3) is 11.8 Å². The largest absolute Gasteiger partial charge is 0.494 e. The Morgan fingerprint density at radius 1 is 0.930 bits per heavy atom. The first-order valence-corrected chi connectivity index (χ1v) is 20.6. The van der Waals surface area contributed by atoms with Crippen LogP contribution >= 0.6 is 0 Å². The molecule has 2 aromatic heterocycles. The molecule has 300 valence electrons. The molecule has 1 saturated carbocycles. The number of anilines is 2. The van der Waals surface area contributed by atoms with Gasteiger partial charge < -0.3 is 19.9 Å². The Hall–Kier alpha value is -5.30. The number of carbonyl (C=O) groups is 4. The highest BCUT2D eigenvalue weighted by Gasteiger charge is 2.39. The number of hydrogen-bond donors (Lipinski definition) is 2. The number of aromatic nitrogens is 3. The molecule has 8 rings (SSSR count). The first-order chi connectivity index (χ1) is 27.6. The summed E-state index contributed by atoms with van der Waals surface area (Å²) in [5, 5.41) is 11.3. The third-order valence-electron chi connectivity index (χ3n) is 13.1. The first-order valence-electron chi connectivity index (χ1n) is 20.6. The molecule has 57 heavy (non-hydrogen) atoms. The van der Waals surface area contributed by atoms with Crippen LogP contribution in [-0.4, -0.2) is 94.7 Å². The molecular formula is C44H54N8O5. The molecule has 3 aliphatic heterocycles. The van der Waals surface area contributed by atoms with Crippen molar-refractivity contribution in [3.05, 3.63) is 77.2 Å². The summed E-state index contributed by atoms with van der Waals surface area (Å²) >= 11 is 0. The quantitative estimate of drug-likeness (QED) is 0.187. The van der Waals surface area contributed by atoms with Crippen LogP contribution in [0.25, 0.3) is 10.9 Å². The van der Waals surface area contributed by atoms with E-state index in [0.29, 0.717) is 46.4 Å². The maximum absolute atomic E-state index is 13.6. The summed E-state index contributed by atoms with van der Waals surface area (Å²) < 4.78 is 7.75. The molecule has 0 unspecified atom stereocenters. The van der Waals surface area contributed by atoms with Gasteiger partial charge in [-0.15, -0.1) is 0 Å². The van der Waals surface area contributed by atoms with Crippen molar-refractivity contribution in [2.24, 2.45) is 11.3 Å². The predicted molar refractivity (Wildman–Crippen MR) is 219 cm³/mol. The number of carbonyl (C=O) groups excluding carboxylic acids is 4. The van der Waals surface area contributed by atoms with Gasteiger partial charge in [0.05, 0.1) is 24.4 Å². The third-order valence-corrected chi connectivity index (χ3v) is 13.1. The van der Waals surface area contributed by atoms with Gasteiger partial charge in [-0.2, -0.15) is 5.10 Å². The summed E-state index contributed by atoms with van der Waals surface area (Å²) in [7, 11) is 1.60. The number of likely N-dealkylation sites (tertiary alicyclic amines) is 2. The van der Waals surface area contributed by atoms with Gasteiger partial charge >= 0.3 is 6.03 Å². The highest BCUT2D eigenvalue weighted by atomic mass is 16.5. The number of ether oxygens (including phenoxy) is 1. The summed E-state index contributed by atoms with van der Waals surface area (Å²) in [5.41, 5.74) is 5.09. The molecule has 0 atom stereocenters. The molecule has 4 aliphatic rings. The number of piperidine rings is 2. The Kier molecular flexibility index (Phi) is 11.0. The van der Waals surface area contributed by atoms with Gasteiger partial charge in [0.2, 0.25) is 5.91 Å². The molecule has 13 heteroatoms. The van der Waals surface area contributed by atoms with E-state index >= 15 is 0 Å². The Bertz CT molecular complexity index is 2160. The van der Waals surface area contributed by atoms with Gasteiger partial charge in [0, 0.05) is 60.6 Å². The lowest BCUT2D eigenvalue weighted by atomic mass is 9.71. The van der Waals surface area contributed by atoms with E-state index in [1.807, 2.05) is 61.2 Å². The Balaban J connectivity index is 0.783. The number of methoxy groups -OCH3 is 1. The van der Waals surface area contributed by atoms with E-state index in [-0.39, 0.29) is 24.1 Å². The highest BCUT2D eigenvalue weighted by Crippen LogP contribution is 2.42. The number of nitrogens with one attached hydrogen (secondary N) is 2. The maximum atomic E-state index is 13.6. The van der Waals surface area contributed by atoms with Gasteiger partial charge in [0.1, 0.15) is 11.4 Å². The monoisotopic (exact) mass is 774 g/mol. The van der Waals surface area contributed by atoms with Crippen molar-refractivity contribution in [2.45, 2.75) is 84.1 Å². The molecule has 3 saturated heterocycles. The Labute approximate surface area is 334 Å². The van der Waals surface area contributed by atoms with Crippen LogP contribution in [0.15, 0.2) is 54.7 Å². The zero-order valence-corrected chi connectivity index (χ0v) is 33.4. The van der Waals surface area contributed by atoms with Crippen LogP contribution in [0.2, 0.25) is 0 Å². The number of pyridine rings is 1. The minimum Gasteiger partial charge on any atom is -0.494 e. The second kappa shape index (κ2) is 16.3. The van der Waals surface area contributed by atoms with Crippen molar-refractivity contribution in [3.63, 3.8) is 0 Å². The number of aryl methyl sites for hydroxylation is 2. The number of fused-ring (bicyclic) bond motifs is 1. The summed E-state index contributed by atoms with van der Waals surface area (Å²) in [6.45, 7) is 9.01. The molecule has 2 aromatic carbocycles. The number of benzene rings is 2. The second-order valence-electron chi connectivity index (χ2n) is 16.7. The SMILES string of the molecule is COc1cc2nn([C@H]3CC[C@H](CCN4CCC5(CC4)CCN(C(=O)c4ccc(C)c(N6CCC(=O)NC6=O)c4)CC5)CC3)cc2cc1NC(=O)c1cccc(C)n1. The number of hydrogen-bond acceptors (Lipinski definition) is 8. The average molecular weight is 775 g/mol. The highest BCUT2D eigenvalue weighted by molar-refractivity contribution is 6.07. The van der Waals surface area contributed by atoms with Gasteiger partial charge in [-0.1, -0.05) is 12.1 Å². The number of imide groups is 1. The van der Waals surface area contributed by atoms with Crippen LogP contribution in [-0.2, 0) is 4.79 Å². The van der Waals surface area contributed by atoms with E-state index in [1.54, 1.807) is 18.1 Å². The summed E-state index contributed by atoms with van der Waals surface area (Å²) in [6.07, 6.45) is 12.6. The fraction of sp³-hybridized carbons (Fsp3) is 0.500. The Morgan fingerprint density at radius 2 is 1.68 bits per heavy atom.